The minimum Gasteiger partial charge on any atom is -0.394 e. The summed E-state index contributed by atoms with van der Waals surface area (Å²) in [7, 11) is 0. The number of rotatable bonds is 3. The topological polar surface area (TPSA) is 32.3 Å². The van der Waals surface area contributed by atoms with E-state index in [4.69, 9.17) is 0 Å². The number of nitrogens with one attached hydrogen (secondary N) is 1. The van der Waals surface area contributed by atoms with E-state index < -0.39 is 0 Å². The number of hydrogen-bond acceptors (Lipinski definition) is 2. The molecular formula is C12H25NO. The largest absolute Gasteiger partial charge is 0.394 e. The average molecular weight is 199 g/mol. The molecule has 2 N–H and O–H groups in total. The molecule has 14 heavy (non-hydrogen) atoms. The second-order valence-electron chi connectivity index (χ2n) is 5.91. The SMILES string of the molecule is CC(C)(C)CNC1(CO)CCCCC1. The molecule has 1 aliphatic rings. The first-order valence-electron chi connectivity index (χ1n) is 5.83. The lowest BCUT2D eigenvalue weighted by Gasteiger charge is -2.38. The van der Waals surface area contributed by atoms with Crippen LogP contribution >= 0.6 is 0 Å². The third-order valence-electron chi connectivity index (χ3n) is 3.11. The van der Waals surface area contributed by atoms with Crippen LogP contribution in [0.1, 0.15) is 52.9 Å². The third kappa shape index (κ3) is 3.58. The Morgan fingerprint density at radius 1 is 1.14 bits per heavy atom. The first-order chi connectivity index (χ1) is 6.47. The van der Waals surface area contributed by atoms with Gasteiger partial charge in [0.25, 0.3) is 0 Å². The van der Waals surface area contributed by atoms with Gasteiger partial charge in [-0.25, -0.2) is 0 Å². The number of hydrogen-bond donors (Lipinski definition) is 2. The van der Waals surface area contributed by atoms with Gasteiger partial charge in [0.15, 0.2) is 0 Å². The van der Waals surface area contributed by atoms with Gasteiger partial charge in [-0.3, -0.25) is 0 Å². The molecule has 0 atom stereocenters. The average Bonchev–Trinajstić information content (AvgIpc) is 2.15. The van der Waals surface area contributed by atoms with Gasteiger partial charge in [-0.2, -0.15) is 0 Å². The van der Waals surface area contributed by atoms with Gasteiger partial charge in [0, 0.05) is 12.1 Å². The van der Waals surface area contributed by atoms with Gasteiger partial charge in [0.1, 0.15) is 0 Å². The highest BCUT2D eigenvalue weighted by Crippen LogP contribution is 2.28. The molecule has 1 aliphatic carbocycles. The summed E-state index contributed by atoms with van der Waals surface area (Å²) >= 11 is 0. The van der Waals surface area contributed by atoms with E-state index in [1.807, 2.05) is 0 Å². The van der Waals surface area contributed by atoms with Crippen LogP contribution in [0, 0.1) is 5.41 Å². The van der Waals surface area contributed by atoms with Crippen LogP contribution in [-0.4, -0.2) is 23.8 Å². The standard InChI is InChI=1S/C12H25NO/c1-11(2,3)9-13-12(10-14)7-5-4-6-8-12/h13-14H,4-10H2,1-3H3. The molecule has 84 valence electrons. The van der Waals surface area contributed by atoms with Crippen molar-refractivity contribution in [1.29, 1.82) is 0 Å². The number of aliphatic hydroxyl groups excluding tert-OH is 1. The summed E-state index contributed by atoms with van der Waals surface area (Å²) < 4.78 is 0. The predicted molar refractivity (Wildman–Crippen MR) is 60.4 cm³/mol. The minimum atomic E-state index is 0.0333. The molecule has 2 nitrogen and oxygen atoms in total. The molecule has 0 aromatic rings. The van der Waals surface area contributed by atoms with Gasteiger partial charge >= 0.3 is 0 Å². The Kier molecular flexibility index (Phi) is 3.96. The van der Waals surface area contributed by atoms with E-state index in [2.05, 4.69) is 26.1 Å². The molecule has 1 fully saturated rings. The fourth-order valence-corrected chi connectivity index (χ4v) is 2.07. The lowest BCUT2D eigenvalue weighted by molar-refractivity contribution is 0.110. The molecule has 0 bridgehead atoms. The van der Waals surface area contributed by atoms with E-state index >= 15 is 0 Å². The van der Waals surface area contributed by atoms with Gasteiger partial charge in [0.05, 0.1) is 6.61 Å². The molecule has 0 aromatic carbocycles. The van der Waals surface area contributed by atoms with Crippen molar-refractivity contribution < 1.29 is 5.11 Å². The van der Waals surface area contributed by atoms with Gasteiger partial charge in [0.2, 0.25) is 0 Å². The first kappa shape index (κ1) is 12.0. The molecule has 0 spiro atoms. The van der Waals surface area contributed by atoms with Crippen LogP contribution in [-0.2, 0) is 0 Å². The van der Waals surface area contributed by atoms with Crippen molar-refractivity contribution in [3.8, 4) is 0 Å². The van der Waals surface area contributed by atoms with Crippen LogP contribution < -0.4 is 5.32 Å². The van der Waals surface area contributed by atoms with Crippen LogP contribution in [0.15, 0.2) is 0 Å². The van der Waals surface area contributed by atoms with E-state index in [1.54, 1.807) is 0 Å². The monoisotopic (exact) mass is 199 g/mol. The van der Waals surface area contributed by atoms with Gasteiger partial charge < -0.3 is 10.4 Å². The maximum absolute atomic E-state index is 9.48. The van der Waals surface area contributed by atoms with Crippen molar-refractivity contribution in [3.63, 3.8) is 0 Å². The Labute approximate surface area is 88.1 Å². The molecule has 1 saturated carbocycles. The van der Waals surface area contributed by atoms with Crippen molar-refractivity contribution in [1.82, 2.24) is 5.32 Å². The van der Waals surface area contributed by atoms with E-state index in [0.29, 0.717) is 12.0 Å². The van der Waals surface area contributed by atoms with Gasteiger partial charge in [-0.05, 0) is 18.3 Å². The van der Waals surface area contributed by atoms with Crippen LogP contribution in [0.4, 0.5) is 0 Å². The third-order valence-corrected chi connectivity index (χ3v) is 3.11. The molecule has 0 aliphatic heterocycles. The predicted octanol–water partition coefficient (Wildman–Crippen LogP) is 2.32. The van der Waals surface area contributed by atoms with Gasteiger partial charge in [-0.15, -0.1) is 0 Å². The van der Waals surface area contributed by atoms with Crippen molar-refractivity contribution in [2.75, 3.05) is 13.2 Å². The maximum atomic E-state index is 9.48. The van der Waals surface area contributed by atoms with E-state index in [-0.39, 0.29) is 5.54 Å². The summed E-state index contributed by atoms with van der Waals surface area (Å²) in [6.07, 6.45) is 6.13. The molecule has 0 aromatic heterocycles. The summed E-state index contributed by atoms with van der Waals surface area (Å²) in [6.45, 7) is 7.98. The Balaban J connectivity index is 2.44. The Morgan fingerprint density at radius 2 is 1.71 bits per heavy atom. The zero-order chi connectivity index (χ0) is 10.7. The summed E-state index contributed by atoms with van der Waals surface area (Å²) in [4.78, 5) is 0. The second-order valence-corrected chi connectivity index (χ2v) is 5.91. The second kappa shape index (κ2) is 4.63. The quantitative estimate of drug-likeness (QED) is 0.731. The summed E-state index contributed by atoms with van der Waals surface area (Å²) in [5.41, 5.74) is 0.338. The van der Waals surface area contributed by atoms with E-state index in [1.165, 1.54) is 19.3 Å². The first-order valence-corrected chi connectivity index (χ1v) is 5.83. The molecule has 2 heteroatoms. The molecule has 0 heterocycles. The minimum absolute atomic E-state index is 0.0333. The Bertz CT molecular complexity index is 166. The molecule has 1 rings (SSSR count). The summed E-state index contributed by atoms with van der Waals surface area (Å²) in [5.74, 6) is 0. The van der Waals surface area contributed by atoms with Gasteiger partial charge in [-0.1, -0.05) is 40.0 Å². The highest BCUT2D eigenvalue weighted by atomic mass is 16.3. The lowest BCUT2D eigenvalue weighted by atomic mass is 9.81. The number of aliphatic hydroxyl groups is 1. The van der Waals surface area contributed by atoms with Crippen LogP contribution in [0.2, 0.25) is 0 Å². The Morgan fingerprint density at radius 3 is 2.14 bits per heavy atom. The fourth-order valence-electron chi connectivity index (χ4n) is 2.07. The highest BCUT2D eigenvalue weighted by Gasteiger charge is 2.31. The Hall–Kier alpha value is -0.0800. The summed E-state index contributed by atoms with van der Waals surface area (Å²) in [6, 6.07) is 0. The molecule has 0 radical (unpaired) electrons. The van der Waals surface area contributed by atoms with Crippen molar-refractivity contribution in [2.24, 2.45) is 5.41 Å². The van der Waals surface area contributed by atoms with Crippen LogP contribution in [0.25, 0.3) is 0 Å². The molecule has 0 unspecified atom stereocenters. The fraction of sp³-hybridized carbons (Fsp3) is 1.00. The highest BCUT2D eigenvalue weighted by molar-refractivity contribution is 4.91. The van der Waals surface area contributed by atoms with Crippen molar-refractivity contribution >= 4 is 0 Å². The zero-order valence-electron chi connectivity index (χ0n) is 9.90. The van der Waals surface area contributed by atoms with Crippen molar-refractivity contribution in [2.45, 2.75) is 58.4 Å². The van der Waals surface area contributed by atoms with E-state index in [0.717, 1.165) is 19.4 Å². The molecule has 0 amide bonds. The smallest absolute Gasteiger partial charge is 0.0613 e. The summed E-state index contributed by atoms with van der Waals surface area (Å²) in [5, 5.41) is 13.1. The van der Waals surface area contributed by atoms with Crippen LogP contribution in [0.3, 0.4) is 0 Å². The zero-order valence-corrected chi connectivity index (χ0v) is 9.90. The molecule has 0 saturated heterocycles. The lowest BCUT2D eigenvalue weighted by Crippen LogP contribution is -2.52. The van der Waals surface area contributed by atoms with Crippen molar-refractivity contribution in [3.05, 3.63) is 0 Å². The normalized spacial score (nSPS) is 22.3. The maximum Gasteiger partial charge on any atom is 0.0613 e. The van der Waals surface area contributed by atoms with Crippen LogP contribution in [0.5, 0.6) is 0 Å². The van der Waals surface area contributed by atoms with E-state index in [9.17, 15) is 5.11 Å². The molecular weight excluding hydrogens is 174 g/mol.